The second kappa shape index (κ2) is 8.85. The Balaban J connectivity index is 2.55. The Labute approximate surface area is 161 Å². The summed E-state index contributed by atoms with van der Waals surface area (Å²) in [6.45, 7) is 0. The van der Waals surface area contributed by atoms with Crippen molar-refractivity contribution in [2.24, 2.45) is 0 Å². The third kappa shape index (κ3) is 3.88. The summed E-state index contributed by atoms with van der Waals surface area (Å²) in [5.74, 6) is -1.60. The first-order chi connectivity index (χ1) is 13.4. The van der Waals surface area contributed by atoms with Gasteiger partial charge >= 0.3 is 11.9 Å². The smallest absolute Gasteiger partial charge is 0.347 e. The van der Waals surface area contributed by atoms with Gasteiger partial charge in [-0.25, -0.2) is 9.59 Å². The molecule has 1 N–H and O–H groups in total. The largest absolute Gasteiger partial charge is 0.497 e. The number of hydrogen-bond donors (Lipinski definition) is 1. The molecular formula is C19H20O9. The highest BCUT2D eigenvalue weighted by atomic mass is 16.6. The number of esters is 1. The Morgan fingerprint density at radius 3 is 1.86 bits per heavy atom. The van der Waals surface area contributed by atoms with Crippen LogP contribution in [0.1, 0.15) is 20.7 Å². The summed E-state index contributed by atoms with van der Waals surface area (Å²) in [5, 5.41) is 9.45. The summed E-state index contributed by atoms with van der Waals surface area (Å²) in [6.07, 6.45) is 0. The molecule has 0 aliphatic heterocycles. The number of methoxy groups -OCH3 is 5. The monoisotopic (exact) mass is 392 g/mol. The lowest BCUT2D eigenvalue weighted by atomic mass is 10.1. The van der Waals surface area contributed by atoms with Gasteiger partial charge < -0.3 is 33.5 Å². The lowest BCUT2D eigenvalue weighted by Gasteiger charge is -2.18. The second-order valence-corrected chi connectivity index (χ2v) is 5.28. The van der Waals surface area contributed by atoms with E-state index in [-0.39, 0.29) is 39.9 Å². The Hall–Kier alpha value is -3.62. The zero-order valence-electron chi connectivity index (χ0n) is 16.0. The van der Waals surface area contributed by atoms with E-state index in [1.165, 1.54) is 47.7 Å². The fraction of sp³-hybridized carbons (Fsp3) is 0.263. The van der Waals surface area contributed by atoms with Crippen LogP contribution in [0.2, 0.25) is 0 Å². The molecule has 0 spiro atoms. The van der Waals surface area contributed by atoms with Gasteiger partial charge in [0, 0.05) is 12.1 Å². The highest BCUT2D eigenvalue weighted by molar-refractivity contribution is 5.97. The van der Waals surface area contributed by atoms with E-state index in [0.29, 0.717) is 5.75 Å². The van der Waals surface area contributed by atoms with Crippen molar-refractivity contribution in [2.75, 3.05) is 35.5 Å². The second-order valence-electron chi connectivity index (χ2n) is 5.28. The van der Waals surface area contributed by atoms with E-state index >= 15 is 0 Å². The molecule has 0 aliphatic rings. The molecule has 0 bridgehead atoms. The van der Waals surface area contributed by atoms with Crippen LogP contribution in [0.25, 0.3) is 0 Å². The third-order valence-corrected chi connectivity index (χ3v) is 3.83. The molecule has 0 atom stereocenters. The zero-order valence-corrected chi connectivity index (χ0v) is 16.0. The van der Waals surface area contributed by atoms with E-state index < -0.39 is 11.9 Å². The highest BCUT2D eigenvalue weighted by Crippen LogP contribution is 2.47. The number of carbonyl (C=O) groups excluding carboxylic acids is 1. The predicted molar refractivity (Wildman–Crippen MR) is 97.6 cm³/mol. The number of hydrogen-bond acceptors (Lipinski definition) is 8. The van der Waals surface area contributed by atoms with Crippen LogP contribution in [0.5, 0.6) is 34.5 Å². The Morgan fingerprint density at radius 1 is 0.714 bits per heavy atom. The summed E-state index contributed by atoms with van der Waals surface area (Å²) in [4.78, 5) is 24.3. The van der Waals surface area contributed by atoms with Crippen molar-refractivity contribution < 1.29 is 43.1 Å². The minimum atomic E-state index is -1.29. The number of carboxylic acids is 1. The van der Waals surface area contributed by atoms with Crippen molar-refractivity contribution >= 4 is 11.9 Å². The summed E-state index contributed by atoms with van der Waals surface area (Å²) >= 11 is 0. The van der Waals surface area contributed by atoms with Crippen molar-refractivity contribution in [2.45, 2.75) is 0 Å². The van der Waals surface area contributed by atoms with Gasteiger partial charge in [0.1, 0.15) is 22.6 Å². The molecule has 0 amide bonds. The molecular weight excluding hydrogens is 372 g/mol. The fourth-order valence-electron chi connectivity index (χ4n) is 2.54. The molecule has 9 heteroatoms. The van der Waals surface area contributed by atoms with Crippen LogP contribution in [-0.2, 0) is 0 Å². The molecule has 0 radical (unpaired) electrons. The maximum atomic E-state index is 12.7. The standard InChI is InChI=1S/C19H20O9/c1-23-10-6-7-11(13(8-10)24-2)19(22)28-14-9-12(18(20)21)15(25-3)17(27-5)16(14)26-4/h6-9H,1-5H3,(H,20,21). The first-order valence-corrected chi connectivity index (χ1v) is 7.92. The summed E-state index contributed by atoms with van der Waals surface area (Å²) < 4.78 is 31.3. The lowest BCUT2D eigenvalue weighted by Crippen LogP contribution is -2.13. The van der Waals surface area contributed by atoms with Crippen LogP contribution >= 0.6 is 0 Å². The normalized spacial score (nSPS) is 10.0. The average molecular weight is 392 g/mol. The topological polar surface area (TPSA) is 110 Å². The van der Waals surface area contributed by atoms with Gasteiger partial charge in [-0.1, -0.05) is 0 Å². The van der Waals surface area contributed by atoms with E-state index in [1.807, 2.05) is 0 Å². The van der Waals surface area contributed by atoms with Gasteiger partial charge in [-0.2, -0.15) is 0 Å². The van der Waals surface area contributed by atoms with E-state index in [2.05, 4.69) is 0 Å². The van der Waals surface area contributed by atoms with Crippen LogP contribution in [-0.4, -0.2) is 52.6 Å². The molecule has 150 valence electrons. The Bertz CT molecular complexity index is 889. The lowest BCUT2D eigenvalue weighted by molar-refractivity contribution is 0.0680. The van der Waals surface area contributed by atoms with Gasteiger partial charge in [0.05, 0.1) is 35.5 Å². The quantitative estimate of drug-likeness (QED) is 0.535. The average Bonchev–Trinajstić information content (AvgIpc) is 2.71. The number of ether oxygens (including phenoxy) is 6. The minimum Gasteiger partial charge on any atom is -0.497 e. The van der Waals surface area contributed by atoms with Crippen molar-refractivity contribution in [3.63, 3.8) is 0 Å². The number of benzene rings is 2. The molecule has 2 aromatic rings. The van der Waals surface area contributed by atoms with E-state index in [1.54, 1.807) is 6.07 Å². The third-order valence-electron chi connectivity index (χ3n) is 3.83. The van der Waals surface area contributed by atoms with Crippen LogP contribution in [0, 0.1) is 0 Å². The molecule has 0 saturated heterocycles. The van der Waals surface area contributed by atoms with Crippen molar-refractivity contribution in [3.05, 3.63) is 35.4 Å². The molecule has 0 saturated carbocycles. The van der Waals surface area contributed by atoms with E-state index in [4.69, 9.17) is 28.4 Å². The van der Waals surface area contributed by atoms with Gasteiger partial charge in [-0.3, -0.25) is 0 Å². The molecule has 0 fully saturated rings. The Morgan fingerprint density at radius 2 is 1.36 bits per heavy atom. The van der Waals surface area contributed by atoms with Crippen molar-refractivity contribution in [1.82, 2.24) is 0 Å². The molecule has 2 aromatic carbocycles. The van der Waals surface area contributed by atoms with Crippen LogP contribution < -0.4 is 28.4 Å². The fourth-order valence-corrected chi connectivity index (χ4v) is 2.54. The molecule has 9 nitrogen and oxygen atoms in total. The molecule has 0 aliphatic carbocycles. The van der Waals surface area contributed by atoms with Gasteiger partial charge in [0.2, 0.25) is 11.5 Å². The molecule has 28 heavy (non-hydrogen) atoms. The molecule has 0 unspecified atom stereocenters. The summed E-state index contributed by atoms with van der Waals surface area (Å²) in [7, 11) is 6.80. The van der Waals surface area contributed by atoms with Gasteiger partial charge in [0.25, 0.3) is 0 Å². The first kappa shape index (κ1) is 20.7. The molecule has 0 heterocycles. The minimum absolute atomic E-state index is 0.00479. The van der Waals surface area contributed by atoms with Crippen molar-refractivity contribution in [3.8, 4) is 34.5 Å². The first-order valence-electron chi connectivity index (χ1n) is 7.92. The summed E-state index contributed by atoms with van der Waals surface area (Å²) in [5.41, 5.74) is -0.151. The molecule has 2 rings (SSSR count). The maximum Gasteiger partial charge on any atom is 0.347 e. The highest BCUT2D eigenvalue weighted by Gasteiger charge is 2.27. The van der Waals surface area contributed by atoms with Crippen LogP contribution in [0.3, 0.4) is 0 Å². The maximum absolute atomic E-state index is 12.7. The predicted octanol–water partition coefficient (Wildman–Crippen LogP) is 2.65. The number of carbonyl (C=O) groups is 2. The number of aromatic carboxylic acids is 1. The SMILES string of the molecule is COc1ccc(C(=O)Oc2cc(C(=O)O)c(OC)c(OC)c2OC)c(OC)c1. The van der Waals surface area contributed by atoms with E-state index in [0.717, 1.165) is 6.07 Å². The van der Waals surface area contributed by atoms with Gasteiger partial charge in [0.15, 0.2) is 11.5 Å². The van der Waals surface area contributed by atoms with Gasteiger partial charge in [-0.15, -0.1) is 0 Å². The van der Waals surface area contributed by atoms with Crippen molar-refractivity contribution in [1.29, 1.82) is 0 Å². The van der Waals surface area contributed by atoms with E-state index in [9.17, 15) is 14.7 Å². The number of carboxylic acid groups (broad SMARTS) is 1. The Kier molecular flexibility index (Phi) is 6.54. The summed E-state index contributed by atoms with van der Waals surface area (Å²) in [6, 6.07) is 5.67. The van der Waals surface area contributed by atoms with Crippen LogP contribution in [0.4, 0.5) is 0 Å². The van der Waals surface area contributed by atoms with Gasteiger partial charge in [-0.05, 0) is 12.1 Å². The molecule has 0 aromatic heterocycles. The zero-order chi connectivity index (χ0) is 20.8. The van der Waals surface area contributed by atoms with Crippen LogP contribution in [0.15, 0.2) is 24.3 Å². The number of rotatable bonds is 8.